The highest BCUT2D eigenvalue weighted by Gasteiger charge is 2.37. The van der Waals surface area contributed by atoms with Gasteiger partial charge >= 0.3 is 0 Å². The van der Waals surface area contributed by atoms with Crippen molar-refractivity contribution in [2.75, 3.05) is 24.5 Å². The third-order valence-corrected chi connectivity index (χ3v) is 5.92. The van der Waals surface area contributed by atoms with Gasteiger partial charge in [-0.1, -0.05) is 18.2 Å². The molecule has 6 rings (SSSR count). The monoisotopic (exact) mass is 361 g/mol. The van der Waals surface area contributed by atoms with Gasteiger partial charge in [0.05, 0.1) is 12.6 Å². The van der Waals surface area contributed by atoms with E-state index in [1.54, 1.807) is 12.4 Å². The van der Waals surface area contributed by atoms with E-state index in [1.807, 2.05) is 24.5 Å². The lowest BCUT2D eigenvalue weighted by molar-refractivity contribution is -0.134. The molecular formula is C21H23N5O. The van der Waals surface area contributed by atoms with Crippen LogP contribution in [0.25, 0.3) is 10.9 Å². The number of carbonyl (C=O) groups excluding carboxylic acids is 1. The number of anilines is 1. The van der Waals surface area contributed by atoms with Gasteiger partial charge in [-0.05, 0) is 30.4 Å². The maximum absolute atomic E-state index is 13.2. The molecule has 1 amide bonds. The molecule has 1 N–H and O–H groups in total. The molecule has 3 aliphatic rings. The molecule has 2 bridgehead atoms. The van der Waals surface area contributed by atoms with E-state index in [1.165, 1.54) is 6.42 Å². The van der Waals surface area contributed by atoms with Crippen molar-refractivity contribution < 1.29 is 4.79 Å². The van der Waals surface area contributed by atoms with Gasteiger partial charge in [0.1, 0.15) is 5.82 Å². The molecule has 0 radical (unpaired) electrons. The van der Waals surface area contributed by atoms with Crippen molar-refractivity contribution in [2.24, 2.45) is 5.92 Å². The van der Waals surface area contributed by atoms with Crippen LogP contribution in [-0.4, -0.2) is 51.4 Å². The number of rotatable bonds is 3. The van der Waals surface area contributed by atoms with Gasteiger partial charge in [0, 0.05) is 55.2 Å². The summed E-state index contributed by atoms with van der Waals surface area (Å²) in [4.78, 5) is 29.5. The van der Waals surface area contributed by atoms with E-state index in [2.05, 4.69) is 36.9 Å². The van der Waals surface area contributed by atoms with Gasteiger partial charge in [0.2, 0.25) is 5.91 Å². The Morgan fingerprint density at radius 1 is 1.15 bits per heavy atom. The number of amides is 1. The maximum Gasteiger partial charge on any atom is 0.227 e. The average Bonchev–Trinajstić information content (AvgIpc) is 2.89. The van der Waals surface area contributed by atoms with Gasteiger partial charge in [-0.25, -0.2) is 4.98 Å². The molecule has 2 aromatic heterocycles. The van der Waals surface area contributed by atoms with Crippen LogP contribution in [0.3, 0.4) is 0 Å². The first-order valence-corrected chi connectivity index (χ1v) is 9.63. The summed E-state index contributed by atoms with van der Waals surface area (Å²) in [5, 5.41) is 1.15. The molecule has 0 aliphatic carbocycles. The quantitative estimate of drug-likeness (QED) is 0.779. The summed E-state index contributed by atoms with van der Waals surface area (Å²) in [6, 6.07) is 8.42. The maximum atomic E-state index is 13.2. The fourth-order valence-corrected chi connectivity index (χ4v) is 4.57. The van der Waals surface area contributed by atoms with E-state index < -0.39 is 0 Å². The van der Waals surface area contributed by atoms with Crippen molar-refractivity contribution in [3.8, 4) is 0 Å². The molecule has 138 valence electrons. The highest BCUT2D eigenvalue weighted by molar-refractivity contribution is 5.89. The van der Waals surface area contributed by atoms with Gasteiger partial charge in [0.25, 0.3) is 0 Å². The molecule has 5 heterocycles. The molecule has 6 heteroatoms. The zero-order valence-electron chi connectivity index (χ0n) is 15.2. The summed E-state index contributed by atoms with van der Waals surface area (Å²) in [6.07, 6.45) is 9.94. The van der Waals surface area contributed by atoms with E-state index in [9.17, 15) is 4.79 Å². The molecule has 0 spiro atoms. The van der Waals surface area contributed by atoms with Crippen LogP contribution in [0.2, 0.25) is 0 Å². The number of H-pyrrole nitrogens is 1. The molecule has 3 aliphatic heterocycles. The highest BCUT2D eigenvalue weighted by atomic mass is 16.2. The van der Waals surface area contributed by atoms with Crippen molar-refractivity contribution in [3.05, 3.63) is 54.6 Å². The van der Waals surface area contributed by atoms with E-state index in [0.29, 0.717) is 12.3 Å². The van der Waals surface area contributed by atoms with E-state index in [0.717, 1.165) is 48.3 Å². The number of benzene rings is 1. The second kappa shape index (κ2) is 6.68. The second-order valence-corrected chi connectivity index (χ2v) is 7.65. The molecule has 27 heavy (non-hydrogen) atoms. The summed E-state index contributed by atoms with van der Waals surface area (Å²) < 4.78 is 0. The number of aromatic amines is 1. The standard InChI is InChI=1S/C21H23N5O/c27-21(9-16-10-24-19-4-2-1-3-18(16)19)26-13-15-5-6-17(26)14-25(12-15)20-11-22-7-8-23-20/h1-4,7-8,10-11,15,17,24H,5-6,9,12-14H2/t15-,17+/m0/s1. The van der Waals surface area contributed by atoms with Crippen molar-refractivity contribution >= 4 is 22.6 Å². The molecule has 3 saturated heterocycles. The molecule has 0 unspecified atom stereocenters. The first-order chi connectivity index (χ1) is 13.3. The molecule has 2 atom stereocenters. The zero-order chi connectivity index (χ0) is 18.2. The average molecular weight is 361 g/mol. The third-order valence-electron chi connectivity index (χ3n) is 5.92. The van der Waals surface area contributed by atoms with Gasteiger partial charge in [-0.3, -0.25) is 9.78 Å². The number of carbonyl (C=O) groups is 1. The molecule has 3 fully saturated rings. The van der Waals surface area contributed by atoms with Crippen LogP contribution >= 0.6 is 0 Å². The number of hydrogen-bond donors (Lipinski definition) is 1. The van der Waals surface area contributed by atoms with Crippen molar-refractivity contribution in [3.63, 3.8) is 0 Å². The van der Waals surface area contributed by atoms with Crippen LogP contribution in [0.1, 0.15) is 18.4 Å². The summed E-state index contributed by atoms with van der Waals surface area (Å²) in [5.74, 6) is 1.65. The van der Waals surface area contributed by atoms with Crippen molar-refractivity contribution in [1.82, 2.24) is 19.9 Å². The minimum atomic E-state index is 0.232. The van der Waals surface area contributed by atoms with Crippen LogP contribution in [-0.2, 0) is 11.2 Å². The summed E-state index contributed by atoms with van der Waals surface area (Å²) in [7, 11) is 0. The third kappa shape index (κ3) is 3.05. The van der Waals surface area contributed by atoms with Gasteiger partial charge in [-0.2, -0.15) is 0 Å². The largest absolute Gasteiger partial charge is 0.361 e. The summed E-state index contributed by atoms with van der Waals surface area (Å²) >= 11 is 0. The number of hydrogen-bond acceptors (Lipinski definition) is 4. The van der Waals surface area contributed by atoms with Gasteiger partial charge in [0.15, 0.2) is 0 Å². The molecule has 6 nitrogen and oxygen atoms in total. The van der Waals surface area contributed by atoms with Crippen LogP contribution < -0.4 is 4.90 Å². The number of nitrogens with zero attached hydrogens (tertiary/aromatic N) is 4. The Hall–Kier alpha value is -2.89. The Bertz CT molecular complexity index is 953. The first-order valence-electron chi connectivity index (χ1n) is 9.63. The van der Waals surface area contributed by atoms with Crippen molar-refractivity contribution in [1.29, 1.82) is 0 Å². The topological polar surface area (TPSA) is 65.1 Å². The van der Waals surface area contributed by atoms with Crippen LogP contribution in [0.5, 0.6) is 0 Å². The van der Waals surface area contributed by atoms with Crippen LogP contribution in [0.4, 0.5) is 5.82 Å². The predicted molar refractivity (Wildman–Crippen MR) is 104 cm³/mol. The number of aromatic nitrogens is 3. The molecular weight excluding hydrogens is 338 g/mol. The normalized spacial score (nSPS) is 22.2. The Labute approximate surface area is 158 Å². The smallest absolute Gasteiger partial charge is 0.227 e. The Kier molecular flexibility index (Phi) is 4.03. The lowest BCUT2D eigenvalue weighted by Gasteiger charge is -2.36. The zero-order valence-corrected chi connectivity index (χ0v) is 15.2. The number of fused-ring (bicyclic) bond motifs is 5. The van der Waals surface area contributed by atoms with Crippen LogP contribution in [0.15, 0.2) is 49.1 Å². The highest BCUT2D eigenvalue weighted by Crippen LogP contribution is 2.30. The minimum absolute atomic E-state index is 0.232. The SMILES string of the molecule is O=C(Cc1c[nH]c2ccccc12)N1C[C@H]2CC[C@@H]1CN(c1cnccn1)C2. The molecule has 1 aromatic carbocycles. The Morgan fingerprint density at radius 2 is 2.07 bits per heavy atom. The minimum Gasteiger partial charge on any atom is -0.361 e. The number of nitrogens with one attached hydrogen (secondary N) is 1. The lowest BCUT2D eigenvalue weighted by Crippen LogP contribution is -2.48. The summed E-state index contributed by atoms with van der Waals surface area (Å²) in [6.45, 7) is 2.64. The Morgan fingerprint density at radius 3 is 2.96 bits per heavy atom. The first kappa shape index (κ1) is 16.3. The summed E-state index contributed by atoms with van der Waals surface area (Å²) in [5.41, 5.74) is 2.17. The fraction of sp³-hybridized carbons (Fsp3) is 0.381. The van der Waals surface area contributed by atoms with E-state index in [-0.39, 0.29) is 11.9 Å². The Balaban J connectivity index is 1.35. The van der Waals surface area contributed by atoms with Gasteiger partial charge < -0.3 is 14.8 Å². The molecule has 0 saturated carbocycles. The second-order valence-electron chi connectivity index (χ2n) is 7.65. The lowest BCUT2D eigenvalue weighted by atomic mass is 9.94. The fourth-order valence-electron chi connectivity index (χ4n) is 4.57. The predicted octanol–water partition coefficient (Wildman–Crippen LogP) is 2.63. The number of para-hydroxylation sites is 1. The van der Waals surface area contributed by atoms with Crippen LogP contribution in [0, 0.1) is 5.92 Å². The van der Waals surface area contributed by atoms with Gasteiger partial charge in [-0.15, -0.1) is 0 Å². The number of piperidine rings is 1. The van der Waals surface area contributed by atoms with E-state index >= 15 is 0 Å². The molecule has 3 aromatic rings. The van der Waals surface area contributed by atoms with E-state index in [4.69, 9.17) is 0 Å². The van der Waals surface area contributed by atoms with Crippen molar-refractivity contribution in [2.45, 2.75) is 25.3 Å².